The zero-order chi connectivity index (χ0) is 14.8. The molecule has 21 heavy (non-hydrogen) atoms. The van der Waals surface area contributed by atoms with Crippen molar-refractivity contribution in [3.05, 3.63) is 41.0 Å². The summed E-state index contributed by atoms with van der Waals surface area (Å²) in [6.07, 6.45) is 8.44. The summed E-state index contributed by atoms with van der Waals surface area (Å²) in [5, 5.41) is 9.29. The summed E-state index contributed by atoms with van der Waals surface area (Å²) in [5.41, 5.74) is 2.94. The van der Waals surface area contributed by atoms with Crippen LogP contribution in [0.25, 0.3) is 6.08 Å². The number of hydrogen-bond acceptors (Lipinski definition) is 2. The summed E-state index contributed by atoms with van der Waals surface area (Å²) in [4.78, 5) is 25.5. The zero-order valence-corrected chi connectivity index (χ0v) is 11.9. The minimum Gasteiger partial charge on any atom is -0.480 e. The first kappa shape index (κ1) is 13.9. The Labute approximate surface area is 124 Å². The molecule has 0 radical (unpaired) electrons. The van der Waals surface area contributed by atoms with Gasteiger partial charge in [0.25, 0.3) is 5.91 Å². The molecule has 1 amide bonds. The Balaban J connectivity index is 1.87. The van der Waals surface area contributed by atoms with Gasteiger partial charge in [0.05, 0.1) is 0 Å². The molecule has 110 valence electrons. The van der Waals surface area contributed by atoms with E-state index >= 15 is 0 Å². The van der Waals surface area contributed by atoms with E-state index in [1.54, 1.807) is 0 Å². The van der Waals surface area contributed by atoms with Crippen LogP contribution in [0.2, 0.25) is 0 Å². The number of aryl methyl sites for hydroxylation is 1. The first-order valence-corrected chi connectivity index (χ1v) is 7.50. The highest BCUT2D eigenvalue weighted by molar-refractivity contribution is 5.97. The van der Waals surface area contributed by atoms with Crippen LogP contribution in [0, 0.1) is 0 Å². The van der Waals surface area contributed by atoms with Crippen molar-refractivity contribution in [1.82, 2.24) is 4.90 Å². The van der Waals surface area contributed by atoms with Crippen LogP contribution in [-0.2, 0) is 11.2 Å². The molecule has 3 rings (SSSR count). The third-order valence-corrected chi connectivity index (χ3v) is 4.32. The lowest BCUT2D eigenvalue weighted by Gasteiger charge is -2.33. The first-order valence-electron chi connectivity index (χ1n) is 7.50. The number of hydrogen-bond donors (Lipinski definition) is 1. The Morgan fingerprint density at radius 3 is 2.90 bits per heavy atom. The summed E-state index contributed by atoms with van der Waals surface area (Å²) in [7, 11) is 0. The third-order valence-electron chi connectivity index (χ3n) is 4.32. The van der Waals surface area contributed by atoms with Gasteiger partial charge in [-0.2, -0.15) is 0 Å². The molecule has 1 heterocycles. The van der Waals surface area contributed by atoms with E-state index in [9.17, 15) is 14.7 Å². The maximum Gasteiger partial charge on any atom is 0.326 e. The molecular weight excluding hydrogens is 266 g/mol. The summed E-state index contributed by atoms with van der Waals surface area (Å²) >= 11 is 0. The number of aliphatic carboxylic acids is 1. The number of fused-ring (bicyclic) bond motifs is 1. The number of benzene rings is 1. The summed E-state index contributed by atoms with van der Waals surface area (Å²) < 4.78 is 0. The number of piperidine rings is 1. The van der Waals surface area contributed by atoms with Crippen LogP contribution >= 0.6 is 0 Å². The second-order valence-electron chi connectivity index (χ2n) is 5.70. The van der Waals surface area contributed by atoms with Gasteiger partial charge in [-0.25, -0.2) is 4.79 Å². The minimum absolute atomic E-state index is 0.153. The quantitative estimate of drug-likeness (QED) is 0.909. The first-order chi connectivity index (χ1) is 10.2. The van der Waals surface area contributed by atoms with Crippen LogP contribution in [0.1, 0.15) is 47.2 Å². The van der Waals surface area contributed by atoms with Crippen molar-refractivity contribution in [2.45, 2.75) is 38.1 Å². The van der Waals surface area contributed by atoms with E-state index in [-0.39, 0.29) is 5.91 Å². The van der Waals surface area contributed by atoms with Crippen molar-refractivity contribution >= 4 is 18.0 Å². The Kier molecular flexibility index (Phi) is 3.78. The van der Waals surface area contributed by atoms with Crippen molar-refractivity contribution in [2.75, 3.05) is 6.54 Å². The number of carboxylic acids is 1. The van der Waals surface area contributed by atoms with Crippen molar-refractivity contribution < 1.29 is 14.7 Å². The van der Waals surface area contributed by atoms with E-state index in [1.165, 1.54) is 10.5 Å². The molecule has 1 aromatic rings. The molecule has 4 heteroatoms. The van der Waals surface area contributed by atoms with Gasteiger partial charge in [-0.05, 0) is 55.4 Å². The standard InChI is InChI=1S/C17H19NO3/c19-16(18-10-4-3-7-15(18)17(20)21)14-9-8-12-5-1-2-6-13(12)11-14/h1,5,8-9,11,15H,2-4,6-7,10H2,(H,20,21). The SMILES string of the molecule is O=C(O)C1CCCCN1C(=O)c1ccc2c(c1)CCC=C2. The van der Waals surface area contributed by atoms with Crippen LogP contribution in [0.3, 0.4) is 0 Å². The molecular formula is C17H19NO3. The molecule has 1 saturated heterocycles. The average Bonchev–Trinajstić information content (AvgIpc) is 2.53. The maximum absolute atomic E-state index is 12.6. The fourth-order valence-electron chi connectivity index (χ4n) is 3.16. The molecule has 1 N–H and O–H groups in total. The van der Waals surface area contributed by atoms with Crippen molar-refractivity contribution in [3.63, 3.8) is 0 Å². The van der Waals surface area contributed by atoms with E-state index in [4.69, 9.17) is 0 Å². The second kappa shape index (κ2) is 5.72. The van der Waals surface area contributed by atoms with Gasteiger partial charge in [0, 0.05) is 12.1 Å². The Morgan fingerprint density at radius 2 is 2.10 bits per heavy atom. The normalized spacial score (nSPS) is 21.0. The number of rotatable bonds is 2. The molecule has 1 fully saturated rings. The highest BCUT2D eigenvalue weighted by Crippen LogP contribution is 2.24. The molecule has 2 aliphatic rings. The molecule has 1 unspecified atom stereocenters. The lowest BCUT2D eigenvalue weighted by Crippen LogP contribution is -2.48. The number of likely N-dealkylation sites (tertiary alicyclic amines) is 1. The lowest BCUT2D eigenvalue weighted by molar-refractivity contribution is -0.143. The van der Waals surface area contributed by atoms with E-state index in [2.05, 4.69) is 12.2 Å². The van der Waals surface area contributed by atoms with Gasteiger partial charge in [0.15, 0.2) is 0 Å². The van der Waals surface area contributed by atoms with Crippen molar-refractivity contribution in [2.24, 2.45) is 0 Å². The fourth-order valence-corrected chi connectivity index (χ4v) is 3.16. The van der Waals surface area contributed by atoms with E-state index in [1.807, 2.05) is 18.2 Å². The van der Waals surface area contributed by atoms with E-state index in [0.29, 0.717) is 18.5 Å². The van der Waals surface area contributed by atoms with E-state index in [0.717, 1.165) is 31.2 Å². The third kappa shape index (κ3) is 2.71. The number of carbonyl (C=O) groups is 2. The summed E-state index contributed by atoms with van der Waals surface area (Å²) in [5.74, 6) is -1.05. The molecule has 1 aromatic carbocycles. The molecule has 1 aliphatic heterocycles. The fraction of sp³-hybridized carbons (Fsp3) is 0.412. The highest BCUT2D eigenvalue weighted by atomic mass is 16.4. The van der Waals surface area contributed by atoms with Gasteiger partial charge in [0.2, 0.25) is 0 Å². The Bertz CT molecular complexity index is 606. The molecule has 0 saturated carbocycles. The van der Waals surface area contributed by atoms with Gasteiger partial charge in [-0.3, -0.25) is 4.79 Å². The number of allylic oxidation sites excluding steroid dienone is 1. The van der Waals surface area contributed by atoms with Crippen LogP contribution in [0.4, 0.5) is 0 Å². The van der Waals surface area contributed by atoms with Gasteiger partial charge in [0.1, 0.15) is 6.04 Å². The molecule has 0 bridgehead atoms. The minimum atomic E-state index is -0.899. The topological polar surface area (TPSA) is 57.6 Å². The second-order valence-corrected chi connectivity index (χ2v) is 5.70. The van der Waals surface area contributed by atoms with Crippen LogP contribution in [-0.4, -0.2) is 34.5 Å². The van der Waals surface area contributed by atoms with Crippen LogP contribution in [0.15, 0.2) is 24.3 Å². The zero-order valence-electron chi connectivity index (χ0n) is 11.9. The lowest BCUT2D eigenvalue weighted by atomic mass is 9.94. The smallest absolute Gasteiger partial charge is 0.326 e. The molecule has 4 nitrogen and oxygen atoms in total. The predicted octanol–water partition coefficient (Wildman–Crippen LogP) is 2.73. The maximum atomic E-state index is 12.6. The number of carbonyl (C=O) groups excluding carboxylic acids is 1. The molecule has 0 aromatic heterocycles. The predicted molar refractivity (Wildman–Crippen MR) is 80.1 cm³/mol. The highest BCUT2D eigenvalue weighted by Gasteiger charge is 2.32. The van der Waals surface area contributed by atoms with Crippen molar-refractivity contribution in [1.29, 1.82) is 0 Å². The largest absolute Gasteiger partial charge is 0.480 e. The van der Waals surface area contributed by atoms with Gasteiger partial charge < -0.3 is 10.0 Å². The number of amides is 1. The van der Waals surface area contributed by atoms with Gasteiger partial charge >= 0.3 is 5.97 Å². The molecule has 1 atom stereocenters. The van der Waals surface area contributed by atoms with Crippen LogP contribution in [0.5, 0.6) is 0 Å². The van der Waals surface area contributed by atoms with Gasteiger partial charge in [-0.15, -0.1) is 0 Å². The van der Waals surface area contributed by atoms with Crippen molar-refractivity contribution in [3.8, 4) is 0 Å². The van der Waals surface area contributed by atoms with Gasteiger partial charge in [-0.1, -0.05) is 18.2 Å². The van der Waals surface area contributed by atoms with E-state index < -0.39 is 12.0 Å². The molecule has 1 aliphatic carbocycles. The molecule has 0 spiro atoms. The average molecular weight is 285 g/mol. The monoisotopic (exact) mass is 285 g/mol. The van der Waals surface area contributed by atoms with Crippen LogP contribution < -0.4 is 0 Å². The summed E-state index contributed by atoms with van der Waals surface area (Å²) in [6, 6.07) is 5.01. The summed E-state index contributed by atoms with van der Waals surface area (Å²) in [6.45, 7) is 0.535. The number of carboxylic acid groups (broad SMARTS) is 1. The number of nitrogens with zero attached hydrogens (tertiary/aromatic N) is 1. The Morgan fingerprint density at radius 1 is 1.24 bits per heavy atom. The Hall–Kier alpha value is -2.10.